The average Bonchev–Trinajstić information content (AvgIpc) is 3.15. The molecule has 2 unspecified atom stereocenters. The zero-order chi connectivity index (χ0) is 18.3. The Bertz CT molecular complexity index is 819. The summed E-state index contributed by atoms with van der Waals surface area (Å²) >= 11 is 0. The molecule has 2 aliphatic rings. The smallest absolute Gasteiger partial charge is 0.00551 e. The van der Waals surface area contributed by atoms with Gasteiger partial charge in [0.05, 0.1) is 0 Å². The predicted octanol–water partition coefficient (Wildman–Crippen LogP) is 7.29. The Morgan fingerprint density at radius 1 is 0.654 bits per heavy atom. The second-order valence-corrected chi connectivity index (χ2v) is 8.01. The molecule has 0 fully saturated rings. The van der Waals surface area contributed by atoms with Crippen molar-refractivity contribution in [2.75, 3.05) is 0 Å². The van der Waals surface area contributed by atoms with E-state index >= 15 is 0 Å². The highest BCUT2D eigenvalue weighted by Gasteiger charge is 2.28. The lowest BCUT2D eigenvalue weighted by molar-refractivity contribution is 0.611. The lowest BCUT2D eigenvalue weighted by atomic mass is 9.84. The summed E-state index contributed by atoms with van der Waals surface area (Å²) in [6.45, 7) is 9.18. The van der Waals surface area contributed by atoms with Gasteiger partial charge in [0, 0.05) is 11.8 Å². The lowest BCUT2D eigenvalue weighted by Crippen LogP contribution is -2.04. The highest BCUT2D eigenvalue weighted by molar-refractivity contribution is 5.70. The van der Waals surface area contributed by atoms with E-state index in [-0.39, 0.29) is 0 Å². The van der Waals surface area contributed by atoms with Crippen LogP contribution < -0.4 is 0 Å². The van der Waals surface area contributed by atoms with Gasteiger partial charge in [-0.3, -0.25) is 0 Å². The number of hydrogen-bond acceptors (Lipinski definition) is 0. The highest BCUT2D eigenvalue weighted by Crippen LogP contribution is 2.45. The summed E-state index contributed by atoms with van der Waals surface area (Å²) in [5, 5.41) is 0. The highest BCUT2D eigenvalue weighted by atomic mass is 14.3. The zero-order valence-corrected chi connectivity index (χ0v) is 16.6. The topological polar surface area (TPSA) is 0 Å². The molecular formula is C26H30. The molecule has 2 aromatic carbocycles. The molecule has 0 N–H and O–H groups in total. The molecule has 0 heteroatoms. The van der Waals surface area contributed by atoms with Crippen LogP contribution in [0.5, 0.6) is 0 Å². The van der Waals surface area contributed by atoms with E-state index in [1.165, 1.54) is 35.1 Å². The van der Waals surface area contributed by atoms with E-state index in [0.717, 1.165) is 12.8 Å². The molecule has 2 aromatic rings. The summed E-state index contributed by atoms with van der Waals surface area (Å²) < 4.78 is 0. The number of benzene rings is 2. The maximum atomic E-state index is 2.44. The molecule has 0 heterocycles. The quantitative estimate of drug-likeness (QED) is 0.535. The molecule has 26 heavy (non-hydrogen) atoms. The van der Waals surface area contributed by atoms with E-state index in [4.69, 9.17) is 0 Å². The molecule has 0 amide bonds. The molecule has 0 spiro atoms. The summed E-state index contributed by atoms with van der Waals surface area (Å²) in [4.78, 5) is 0. The van der Waals surface area contributed by atoms with Crippen LogP contribution in [-0.2, 0) is 12.8 Å². The summed E-state index contributed by atoms with van der Waals surface area (Å²) in [5.74, 6) is 1.20. The fraction of sp³-hybridized carbons (Fsp3) is 0.385. The molecule has 0 aliphatic heterocycles. The van der Waals surface area contributed by atoms with Gasteiger partial charge in [-0.15, -0.1) is 0 Å². The standard InChI is InChI=1S/C26H30/c1-5-19-9-7-11-23-21(17(3)15-25(19)23)13-14-22-18(4)16-26-20(6-2)10-8-12-24(22)26/h7-12,15-16,21-22H,5-6,13-14H2,1-4H3. The van der Waals surface area contributed by atoms with Crippen molar-refractivity contribution in [1.82, 2.24) is 0 Å². The molecule has 4 rings (SSSR count). The number of rotatable bonds is 5. The van der Waals surface area contributed by atoms with Crippen LogP contribution in [0.25, 0.3) is 12.2 Å². The third-order valence-electron chi connectivity index (χ3n) is 6.56. The van der Waals surface area contributed by atoms with Gasteiger partial charge in [0.15, 0.2) is 0 Å². The normalized spacial score (nSPS) is 20.6. The molecule has 0 saturated heterocycles. The largest absolute Gasteiger partial charge is 0.0652 e. The van der Waals surface area contributed by atoms with E-state index < -0.39 is 0 Å². The van der Waals surface area contributed by atoms with Crippen LogP contribution in [-0.4, -0.2) is 0 Å². The van der Waals surface area contributed by atoms with Crippen LogP contribution in [0.15, 0.2) is 47.5 Å². The van der Waals surface area contributed by atoms with Crippen molar-refractivity contribution in [3.8, 4) is 0 Å². The Labute approximate surface area is 158 Å². The van der Waals surface area contributed by atoms with Crippen molar-refractivity contribution in [3.05, 3.63) is 80.9 Å². The molecule has 0 nitrogen and oxygen atoms in total. The lowest BCUT2D eigenvalue weighted by Gasteiger charge is -2.20. The van der Waals surface area contributed by atoms with Crippen molar-refractivity contribution in [3.63, 3.8) is 0 Å². The molecule has 2 aliphatic carbocycles. The number of fused-ring (bicyclic) bond motifs is 2. The molecule has 0 radical (unpaired) electrons. The van der Waals surface area contributed by atoms with Gasteiger partial charge in [0.1, 0.15) is 0 Å². The predicted molar refractivity (Wildman–Crippen MR) is 114 cm³/mol. The van der Waals surface area contributed by atoms with Crippen molar-refractivity contribution in [1.29, 1.82) is 0 Å². The first kappa shape index (κ1) is 17.3. The van der Waals surface area contributed by atoms with Gasteiger partial charge in [-0.1, -0.05) is 73.5 Å². The van der Waals surface area contributed by atoms with Gasteiger partial charge in [-0.2, -0.15) is 0 Å². The molecular weight excluding hydrogens is 312 g/mol. The van der Waals surface area contributed by atoms with Crippen molar-refractivity contribution >= 4 is 12.2 Å². The van der Waals surface area contributed by atoms with E-state index in [1.807, 2.05) is 0 Å². The maximum absolute atomic E-state index is 2.44. The van der Waals surface area contributed by atoms with E-state index in [0.29, 0.717) is 11.8 Å². The molecule has 0 saturated carbocycles. The molecule has 0 aromatic heterocycles. The van der Waals surface area contributed by atoms with Gasteiger partial charge in [-0.05, 0) is 72.9 Å². The van der Waals surface area contributed by atoms with E-state index in [2.05, 4.69) is 76.2 Å². The second-order valence-electron chi connectivity index (χ2n) is 8.01. The van der Waals surface area contributed by atoms with Crippen LogP contribution in [0.2, 0.25) is 0 Å². The Balaban J connectivity index is 1.57. The Morgan fingerprint density at radius 3 is 1.46 bits per heavy atom. The number of hydrogen-bond donors (Lipinski definition) is 0. The second kappa shape index (κ2) is 6.91. The fourth-order valence-corrected chi connectivity index (χ4v) is 5.09. The van der Waals surface area contributed by atoms with Gasteiger partial charge >= 0.3 is 0 Å². The van der Waals surface area contributed by atoms with Crippen molar-refractivity contribution < 1.29 is 0 Å². The van der Waals surface area contributed by atoms with E-state index in [9.17, 15) is 0 Å². The SMILES string of the molecule is CCc1cccc2c1C=C(C)C2CCC1C(C)=Cc2c(CC)cccc21. The summed E-state index contributed by atoms with van der Waals surface area (Å²) in [7, 11) is 0. The van der Waals surface area contributed by atoms with Crippen LogP contribution in [0.3, 0.4) is 0 Å². The fourth-order valence-electron chi connectivity index (χ4n) is 5.09. The monoisotopic (exact) mass is 342 g/mol. The third-order valence-corrected chi connectivity index (χ3v) is 6.56. The van der Waals surface area contributed by atoms with E-state index in [1.54, 1.807) is 22.3 Å². The first-order valence-corrected chi connectivity index (χ1v) is 10.2. The number of aryl methyl sites for hydroxylation is 2. The van der Waals surface area contributed by atoms with Gasteiger partial charge in [-0.25, -0.2) is 0 Å². The minimum absolute atomic E-state index is 0.600. The minimum Gasteiger partial charge on any atom is -0.0652 e. The van der Waals surface area contributed by atoms with Crippen LogP contribution in [0.1, 0.15) is 85.8 Å². The van der Waals surface area contributed by atoms with Gasteiger partial charge in [0.2, 0.25) is 0 Å². The average molecular weight is 343 g/mol. The van der Waals surface area contributed by atoms with Crippen LogP contribution in [0.4, 0.5) is 0 Å². The Kier molecular flexibility index (Phi) is 4.61. The number of allylic oxidation sites excluding steroid dienone is 2. The Morgan fingerprint density at radius 2 is 1.08 bits per heavy atom. The summed E-state index contributed by atoms with van der Waals surface area (Å²) in [5.41, 5.74) is 12.2. The summed E-state index contributed by atoms with van der Waals surface area (Å²) in [6, 6.07) is 13.8. The third kappa shape index (κ3) is 2.76. The maximum Gasteiger partial charge on any atom is 0.00551 e. The molecule has 0 bridgehead atoms. The minimum atomic E-state index is 0.600. The summed E-state index contributed by atoms with van der Waals surface area (Å²) in [6.07, 6.45) is 9.62. The van der Waals surface area contributed by atoms with Crippen LogP contribution >= 0.6 is 0 Å². The van der Waals surface area contributed by atoms with Crippen LogP contribution in [0, 0.1) is 0 Å². The van der Waals surface area contributed by atoms with Crippen molar-refractivity contribution in [2.45, 2.75) is 65.2 Å². The van der Waals surface area contributed by atoms with Crippen molar-refractivity contribution in [2.24, 2.45) is 0 Å². The first-order valence-electron chi connectivity index (χ1n) is 10.2. The van der Waals surface area contributed by atoms with Gasteiger partial charge < -0.3 is 0 Å². The first-order chi connectivity index (χ1) is 12.6. The zero-order valence-electron chi connectivity index (χ0n) is 16.6. The Hall–Kier alpha value is -2.08. The molecule has 134 valence electrons. The molecule has 2 atom stereocenters. The van der Waals surface area contributed by atoms with Gasteiger partial charge in [0.25, 0.3) is 0 Å².